The molecule has 0 saturated heterocycles. The van der Waals surface area contributed by atoms with E-state index in [9.17, 15) is 4.79 Å². The zero-order valence-electron chi connectivity index (χ0n) is 5.18. The highest BCUT2D eigenvalue weighted by molar-refractivity contribution is 5.69. The predicted molar refractivity (Wildman–Crippen MR) is 31.2 cm³/mol. The van der Waals surface area contributed by atoms with Gasteiger partial charge in [-0.1, -0.05) is 13.0 Å². The van der Waals surface area contributed by atoms with Crippen molar-refractivity contribution in [3.8, 4) is 0 Å². The topological polar surface area (TPSA) is 26.3 Å². The third-order valence-electron chi connectivity index (χ3n) is 0.624. The first-order chi connectivity index (χ1) is 3.81. The molecule has 0 bridgehead atoms. The molecule has 0 fully saturated rings. The molecule has 46 valence electrons. The summed E-state index contributed by atoms with van der Waals surface area (Å²) in [6.45, 7) is 3.55. The zero-order chi connectivity index (χ0) is 6.41. The minimum absolute atomic E-state index is 0.192. The minimum atomic E-state index is -0.192. The molecule has 2 heteroatoms. The highest BCUT2D eigenvalue weighted by Crippen LogP contribution is 1.83. The van der Waals surface area contributed by atoms with Crippen molar-refractivity contribution in [2.75, 3.05) is 0 Å². The first-order valence-electron chi connectivity index (χ1n) is 2.62. The van der Waals surface area contributed by atoms with Gasteiger partial charge >= 0.3 is 5.97 Å². The molecule has 0 saturated carbocycles. The molecule has 8 heavy (non-hydrogen) atoms. The van der Waals surface area contributed by atoms with Crippen LogP contribution in [0.15, 0.2) is 12.3 Å². The second-order valence-corrected chi connectivity index (χ2v) is 1.31. The number of carbonyl (C=O) groups excluding carboxylic acids is 1. The maximum atomic E-state index is 10.3. The average molecular weight is 114 g/mol. The summed E-state index contributed by atoms with van der Waals surface area (Å²) in [4.78, 5) is 10.3. The summed E-state index contributed by atoms with van der Waals surface area (Å²) in [5.41, 5.74) is 0. The molecule has 0 atom stereocenters. The van der Waals surface area contributed by atoms with Crippen LogP contribution >= 0.6 is 0 Å². The van der Waals surface area contributed by atoms with Crippen LogP contribution < -0.4 is 0 Å². The van der Waals surface area contributed by atoms with Crippen molar-refractivity contribution in [1.82, 2.24) is 0 Å². The van der Waals surface area contributed by atoms with Gasteiger partial charge in [-0.25, -0.2) is 0 Å². The van der Waals surface area contributed by atoms with Crippen LogP contribution in [0.5, 0.6) is 0 Å². The van der Waals surface area contributed by atoms with Gasteiger partial charge in [-0.05, 0) is 6.92 Å². The summed E-state index contributed by atoms with van der Waals surface area (Å²) >= 11 is 0. The Balaban J connectivity index is 3.25. The Morgan fingerprint density at radius 2 is 2.38 bits per heavy atom. The van der Waals surface area contributed by atoms with Crippen molar-refractivity contribution in [2.45, 2.75) is 20.3 Å². The van der Waals surface area contributed by atoms with Gasteiger partial charge in [0.1, 0.15) is 0 Å². The lowest BCUT2D eigenvalue weighted by Crippen LogP contribution is -1.94. The Bertz CT molecular complexity index is 94.7. The van der Waals surface area contributed by atoms with Crippen LogP contribution in [0.4, 0.5) is 0 Å². The van der Waals surface area contributed by atoms with Gasteiger partial charge in [0.25, 0.3) is 0 Å². The smallest absolute Gasteiger partial charge is 0.310 e. The summed E-state index contributed by atoms with van der Waals surface area (Å²) < 4.78 is 4.52. The van der Waals surface area contributed by atoms with Gasteiger partial charge in [-0.2, -0.15) is 0 Å². The van der Waals surface area contributed by atoms with Gasteiger partial charge in [0.2, 0.25) is 0 Å². The summed E-state index contributed by atoms with van der Waals surface area (Å²) in [6.07, 6.45) is 3.49. The SMILES string of the molecule is C/C=C/OC(=O)CC. The average Bonchev–Trinajstić information content (AvgIpc) is 1.83. The number of carbonyl (C=O) groups is 1. The van der Waals surface area contributed by atoms with E-state index in [0.29, 0.717) is 6.42 Å². The number of esters is 1. The van der Waals surface area contributed by atoms with Crippen LogP contribution in [0.3, 0.4) is 0 Å². The molecule has 0 heterocycles. The Kier molecular flexibility index (Phi) is 3.94. The Labute approximate surface area is 49.1 Å². The van der Waals surface area contributed by atoms with Crippen molar-refractivity contribution in [3.05, 3.63) is 12.3 Å². The summed E-state index contributed by atoms with van der Waals surface area (Å²) in [5.74, 6) is -0.192. The third kappa shape index (κ3) is 3.40. The fourth-order valence-corrected chi connectivity index (χ4v) is 0.227. The maximum absolute atomic E-state index is 10.3. The van der Waals surface area contributed by atoms with E-state index in [0.717, 1.165) is 0 Å². The van der Waals surface area contributed by atoms with E-state index >= 15 is 0 Å². The molecular formula is C6H10O2. The Hall–Kier alpha value is -0.790. The van der Waals surface area contributed by atoms with E-state index in [1.807, 2.05) is 0 Å². The van der Waals surface area contributed by atoms with E-state index < -0.39 is 0 Å². The zero-order valence-corrected chi connectivity index (χ0v) is 5.18. The van der Waals surface area contributed by atoms with E-state index in [2.05, 4.69) is 4.74 Å². The monoisotopic (exact) mass is 114 g/mol. The van der Waals surface area contributed by atoms with Gasteiger partial charge < -0.3 is 4.74 Å². The number of rotatable bonds is 2. The second kappa shape index (κ2) is 4.37. The summed E-state index contributed by atoms with van der Waals surface area (Å²) in [7, 11) is 0. The molecule has 0 radical (unpaired) electrons. The summed E-state index contributed by atoms with van der Waals surface area (Å²) in [6, 6.07) is 0. The molecule has 0 rings (SSSR count). The molecule has 0 aliphatic rings. The third-order valence-corrected chi connectivity index (χ3v) is 0.624. The molecule has 0 unspecified atom stereocenters. The van der Waals surface area contributed by atoms with Crippen molar-refractivity contribution in [2.24, 2.45) is 0 Å². The van der Waals surface area contributed by atoms with Gasteiger partial charge in [0.15, 0.2) is 0 Å². The summed E-state index contributed by atoms with van der Waals surface area (Å²) in [5, 5.41) is 0. The number of hydrogen-bond acceptors (Lipinski definition) is 2. The standard InChI is InChI=1S/C6H10O2/c1-3-5-8-6(7)4-2/h3,5H,4H2,1-2H3/b5-3+. The number of hydrogen-bond donors (Lipinski definition) is 0. The van der Waals surface area contributed by atoms with Gasteiger partial charge in [-0.15, -0.1) is 0 Å². The van der Waals surface area contributed by atoms with Crippen LogP contribution in [0.25, 0.3) is 0 Å². The van der Waals surface area contributed by atoms with E-state index in [-0.39, 0.29) is 5.97 Å². The van der Waals surface area contributed by atoms with E-state index in [4.69, 9.17) is 0 Å². The molecule has 0 aromatic rings. The molecule has 0 aliphatic carbocycles. The molecule has 0 spiro atoms. The Morgan fingerprint density at radius 3 is 2.75 bits per heavy atom. The number of ether oxygens (including phenoxy) is 1. The normalized spacial score (nSPS) is 9.75. The molecular weight excluding hydrogens is 104 g/mol. The second-order valence-electron chi connectivity index (χ2n) is 1.31. The fraction of sp³-hybridized carbons (Fsp3) is 0.500. The van der Waals surface area contributed by atoms with Crippen LogP contribution in [0, 0.1) is 0 Å². The van der Waals surface area contributed by atoms with E-state index in [1.165, 1.54) is 6.26 Å². The van der Waals surface area contributed by atoms with Crippen molar-refractivity contribution >= 4 is 5.97 Å². The van der Waals surface area contributed by atoms with Gasteiger partial charge in [0, 0.05) is 6.42 Å². The molecule has 2 nitrogen and oxygen atoms in total. The lowest BCUT2D eigenvalue weighted by Gasteiger charge is -1.90. The van der Waals surface area contributed by atoms with Crippen molar-refractivity contribution < 1.29 is 9.53 Å². The Morgan fingerprint density at radius 1 is 1.75 bits per heavy atom. The van der Waals surface area contributed by atoms with Crippen molar-refractivity contribution in [3.63, 3.8) is 0 Å². The molecule has 0 N–H and O–H groups in total. The molecule has 0 aliphatic heterocycles. The van der Waals surface area contributed by atoms with Crippen LogP contribution in [0.2, 0.25) is 0 Å². The van der Waals surface area contributed by atoms with Gasteiger partial charge in [0.05, 0.1) is 6.26 Å². The minimum Gasteiger partial charge on any atom is -0.435 e. The van der Waals surface area contributed by atoms with Crippen LogP contribution in [-0.4, -0.2) is 5.97 Å². The highest BCUT2D eigenvalue weighted by atomic mass is 16.5. The lowest BCUT2D eigenvalue weighted by atomic mass is 10.5. The molecule has 0 aromatic carbocycles. The van der Waals surface area contributed by atoms with E-state index in [1.54, 1.807) is 19.9 Å². The number of allylic oxidation sites excluding steroid dienone is 1. The van der Waals surface area contributed by atoms with Crippen LogP contribution in [0.1, 0.15) is 20.3 Å². The first-order valence-corrected chi connectivity index (χ1v) is 2.62. The molecule has 0 amide bonds. The first kappa shape index (κ1) is 7.21. The lowest BCUT2D eigenvalue weighted by molar-refractivity contribution is -0.137. The quantitative estimate of drug-likeness (QED) is 0.401. The van der Waals surface area contributed by atoms with Gasteiger partial charge in [-0.3, -0.25) is 4.79 Å². The molecule has 0 aromatic heterocycles. The predicted octanol–water partition coefficient (Wildman–Crippen LogP) is 1.47. The highest BCUT2D eigenvalue weighted by Gasteiger charge is 1.90. The largest absolute Gasteiger partial charge is 0.435 e. The maximum Gasteiger partial charge on any atom is 0.310 e. The van der Waals surface area contributed by atoms with Crippen LogP contribution in [-0.2, 0) is 9.53 Å². The van der Waals surface area contributed by atoms with Crippen molar-refractivity contribution in [1.29, 1.82) is 0 Å². The fourth-order valence-electron chi connectivity index (χ4n) is 0.227.